The van der Waals surface area contributed by atoms with Crippen LogP contribution in [0.2, 0.25) is 0 Å². The Kier molecular flexibility index (Phi) is 14.5. The molecule has 3 aromatic carbocycles. The van der Waals surface area contributed by atoms with Gasteiger partial charge in [-0.05, 0) is 69.0 Å². The summed E-state index contributed by atoms with van der Waals surface area (Å²) in [7, 11) is 0. The van der Waals surface area contributed by atoms with Gasteiger partial charge in [0.25, 0.3) is 5.91 Å². The smallest absolute Gasteiger partial charge is 0.263 e. The second kappa shape index (κ2) is 19.0. The Morgan fingerprint density at radius 3 is 2.11 bits per heavy atom. The second-order valence-electron chi connectivity index (χ2n) is 14.3. The average molecular weight is 796 g/mol. The molecule has 3 aliphatic heterocycles. The lowest BCUT2D eigenvalue weighted by Crippen LogP contribution is -3.00. The van der Waals surface area contributed by atoms with Gasteiger partial charge in [-0.2, -0.15) is 0 Å². The Morgan fingerprint density at radius 2 is 1.43 bits per heavy atom. The number of anilines is 1. The topological polar surface area (TPSA) is 64.0 Å². The van der Waals surface area contributed by atoms with Crippen molar-refractivity contribution >= 4 is 22.5 Å². The van der Waals surface area contributed by atoms with Crippen LogP contribution in [0.3, 0.4) is 0 Å². The van der Waals surface area contributed by atoms with Crippen LogP contribution >= 0.6 is 0 Å². The highest BCUT2D eigenvalue weighted by Gasteiger charge is 2.37. The standard InChI is InChI=1S/C42H53F2N4O4.BrH/c1-3-5-24-51-36-14-12-13-34(29-36)47-31-39(42(50)46(4-2)35-27-32(43)26-33(44)28-35)41(49)38-16-15-37(30-40(38)47)52-25-11-9-7-6-8-10-20-48-21-17-45(18-22-48)19-23-48;/h12-16,26-31H,3-11,17-25H2,1-2H3;1H/q+1;/p-1. The summed E-state index contributed by atoms with van der Waals surface area (Å²) >= 11 is 0. The van der Waals surface area contributed by atoms with Crippen LogP contribution in [0.5, 0.6) is 11.5 Å². The molecule has 0 radical (unpaired) electrons. The molecule has 11 heteroatoms. The third-order valence-electron chi connectivity index (χ3n) is 10.8. The van der Waals surface area contributed by atoms with E-state index in [0.29, 0.717) is 41.3 Å². The summed E-state index contributed by atoms with van der Waals surface area (Å²) in [4.78, 5) is 31.7. The first-order valence-corrected chi connectivity index (χ1v) is 19.2. The minimum Gasteiger partial charge on any atom is -1.00 e. The fourth-order valence-corrected chi connectivity index (χ4v) is 7.62. The fourth-order valence-electron chi connectivity index (χ4n) is 7.62. The lowest BCUT2D eigenvalue weighted by atomic mass is 10.1. The summed E-state index contributed by atoms with van der Waals surface area (Å²) in [6, 6.07) is 15.7. The van der Waals surface area contributed by atoms with Crippen molar-refractivity contribution < 1.29 is 44.5 Å². The van der Waals surface area contributed by atoms with Crippen molar-refractivity contribution in [3.63, 3.8) is 0 Å². The molecule has 0 aliphatic carbocycles. The maximum Gasteiger partial charge on any atom is 0.263 e. The number of pyridine rings is 1. The first-order valence-electron chi connectivity index (χ1n) is 19.2. The van der Waals surface area contributed by atoms with Crippen LogP contribution in [0.15, 0.2) is 71.7 Å². The molecule has 53 heavy (non-hydrogen) atoms. The van der Waals surface area contributed by atoms with Crippen LogP contribution in [0, 0.1) is 11.6 Å². The number of hydrogen-bond donors (Lipinski definition) is 0. The molecule has 3 saturated heterocycles. The van der Waals surface area contributed by atoms with Gasteiger partial charge in [0.2, 0.25) is 5.43 Å². The molecular formula is C42H53BrF2N4O4. The maximum atomic E-state index is 14.2. The fraction of sp³-hybridized carbons (Fsp3) is 0.476. The van der Waals surface area contributed by atoms with Gasteiger partial charge in [-0.3, -0.25) is 14.5 Å². The molecule has 1 aromatic heterocycles. The summed E-state index contributed by atoms with van der Waals surface area (Å²) in [6.45, 7) is 14.2. The zero-order valence-corrected chi connectivity index (χ0v) is 32.7. The van der Waals surface area contributed by atoms with Gasteiger partial charge in [0.1, 0.15) is 28.7 Å². The molecule has 7 rings (SSSR count). The summed E-state index contributed by atoms with van der Waals surface area (Å²) in [6.07, 6.45) is 10.5. The zero-order chi connectivity index (χ0) is 36.5. The highest BCUT2D eigenvalue weighted by atomic mass is 79.9. The van der Waals surface area contributed by atoms with Gasteiger partial charge in [0.15, 0.2) is 0 Å². The predicted octanol–water partition coefficient (Wildman–Crippen LogP) is 4.98. The number of ether oxygens (including phenoxy) is 2. The number of aromatic nitrogens is 1. The number of piperazine rings is 3. The Labute approximate surface area is 322 Å². The highest BCUT2D eigenvalue weighted by Crippen LogP contribution is 2.27. The number of hydrogen-bond acceptors (Lipinski definition) is 5. The molecule has 8 nitrogen and oxygen atoms in total. The third-order valence-corrected chi connectivity index (χ3v) is 10.8. The van der Waals surface area contributed by atoms with Gasteiger partial charge in [-0.15, -0.1) is 0 Å². The number of carbonyl (C=O) groups excluding carboxylic acids is 1. The Hall–Kier alpha value is -3.80. The highest BCUT2D eigenvalue weighted by molar-refractivity contribution is 6.07. The largest absolute Gasteiger partial charge is 1.00 e. The molecule has 0 N–H and O–H groups in total. The predicted molar refractivity (Wildman–Crippen MR) is 203 cm³/mol. The van der Waals surface area contributed by atoms with Gasteiger partial charge in [-0.25, -0.2) is 8.78 Å². The molecule has 0 spiro atoms. The maximum absolute atomic E-state index is 14.2. The van der Waals surface area contributed by atoms with Gasteiger partial charge in [0, 0.05) is 67.3 Å². The van der Waals surface area contributed by atoms with Gasteiger partial charge >= 0.3 is 0 Å². The van der Waals surface area contributed by atoms with Gasteiger partial charge < -0.3 is 40.4 Å². The number of nitrogens with zero attached hydrogens (tertiary/aromatic N) is 4. The van der Waals surface area contributed by atoms with Crippen molar-refractivity contribution in [2.24, 2.45) is 0 Å². The minimum absolute atomic E-state index is 0. The molecule has 3 fully saturated rings. The van der Waals surface area contributed by atoms with Crippen molar-refractivity contribution in [2.75, 3.05) is 70.5 Å². The summed E-state index contributed by atoms with van der Waals surface area (Å²) in [5, 5.41) is 0.328. The van der Waals surface area contributed by atoms with Crippen LogP contribution in [0.25, 0.3) is 16.6 Å². The Balaban J connectivity index is 0.00000541. The first-order chi connectivity index (χ1) is 25.3. The molecule has 4 aromatic rings. The number of quaternary nitrogens is 1. The summed E-state index contributed by atoms with van der Waals surface area (Å²) in [5.41, 5.74) is 0.715. The van der Waals surface area contributed by atoms with E-state index in [9.17, 15) is 18.4 Å². The molecule has 1 amide bonds. The number of halogens is 3. The van der Waals surface area contributed by atoms with Crippen LogP contribution in [-0.2, 0) is 0 Å². The van der Waals surface area contributed by atoms with Crippen molar-refractivity contribution in [1.82, 2.24) is 9.47 Å². The normalized spacial score (nSPS) is 17.8. The van der Waals surface area contributed by atoms with E-state index >= 15 is 0 Å². The quantitative estimate of drug-likeness (QED) is 0.105. The van der Waals surface area contributed by atoms with E-state index in [0.717, 1.165) is 43.9 Å². The Bertz CT molecular complexity index is 1860. The van der Waals surface area contributed by atoms with Crippen LogP contribution in [-0.4, -0.2) is 85.4 Å². The summed E-state index contributed by atoms with van der Waals surface area (Å²) < 4.78 is 43.6. The molecule has 0 saturated carbocycles. The number of amides is 1. The lowest BCUT2D eigenvalue weighted by Gasteiger charge is -2.50. The van der Waals surface area contributed by atoms with E-state index in [-0.39, 0.29) is 34.8 Å². The second-order valence-corrected chi connectivity index (χ2v) is 14.3. The van der Waals surface area contributed by atoms with Crippen molar-refractivity contribution in [3.8, 4) is 17.2 Å². The van der Waals surface area contributed by atoms with Gasteiger partial charge in [-0.1, -0.05) is 38.7 Å². The third kappa shape index (κ3) is 10.0. The number of benzene rings is 3. The Morgan fingerprint density at radius 1 is 0.792 bits per heavy atom. The molecule has 0 atom stereocenters. The average Bonchev–Trinajstić information content (AvgIpc) is 3.15. The molecule has 2 bridgehead atoms. The number of fused-ring (bicyclic) bond motifs is 4. The van der Waals surface area contributed by atoms with Crippen LogP contribution in [0.4, 0.5) is 14.5 Å². The van der Waals surface area contributed by atoms with E-state index in [2.05, 4.69) is 11.8 Å². The molecular weight excluding hydrogens is 742 g/mol. The van der Waals surface area contributed by atoms with Crippen molar-refractivity contribution in [1.29, 1.82) is 0 Å². The monoisotopic (exact) mass is 794 g/mol. The first kappa shape index (κ1) is 40.4. The molecule has 3 aliphatic rings. The number of unbranched alkanes of at least 4 members (excludes halogenated alkanes) is 6. The zero-order valence-electron chi connectivity index (χ0n) is 31.1. The van der Waals surface area contributed by atoms with Crippen LogP contribution < -0.4 is 36.8 Å². The van der Waals surface area contributed by atoms with E-state index in [1.807, 2.05) is 30.3 Å². The molecule has 286 valence electrons. The van der Waals surface area contributed by atoms with E-state index in [1.54, 1.807) is 23.6 Å². The SMILES string of the molecule is CCCCOc1cccc(-n2cc(C(=O)N(CC)c3cc(F)cc(F)c3)c(=O)c3ccc(OCCCCCCCC[N+]45CCN(CC4)CC5)cc32)c1.[Br-]. The number of rotatable bonds is 18. The van der Waals surface area contributed by atoms with Crippen molar-refractivity contribution in [2.45, 2.75) is 65.2 Å². The summed E-state index contributed by atoms with van der Waals surface area (Å²) in [5.74, 6) is -0.961. The minimum atomic E-state index is -0.807. The van der Waals surface area contributed by atoms with Gasteiger partial charge in [0.05, 0.1) is 44.9 Å². The number of carbonyl (C=O) groups is 1. The van der Waals surface area contributed by atoms with E-state index in [4.69, 9.17) is 9.47 Å². The van der Waals surface area contributed by atoms with Crippen molar-refractivity contribution in [3.05, 3.63) is 94.3 Å². The van der Waals surface area contributed by atoms with E-state index < -0.39 is 23.0 Å². The van der Waals surface area contributed by atoms with E-state index in [1.165, 1.54) is 87.1 Å². The molecule has 4 heterocycles. The van der Waals surface area contributed by atoms with Crippen LogP contribution in [0.1, 0.15) is 75.6 Å². The molecule has 0 unspecified atom stereocenters. The lowest BCUT2D eigenvalue weighted by molar-refractivity contribution is -0.941.